The second-order valence-electron chi connectivity index (χ2n) is 28.0. The number of nitrogens with zero attached hydrogens (tertiary/aromatic N) is 2. The maximum Gasteiger partial charge on any atom is 0.137 e. The fraction of sp³-hybridized carbons (Fsp3) is 0.0680. The minimum atomic E-state index is 0.774. The third-order valence-electron chi connectivity index (χ3n) is 21.3. The summed E-state index contributed by atoms with van der Waals surface area (Å²) in [7, 11) is 0. The highest BCUT2D eigenvalue weighted by Gasteiger charge is 2.22. The minimum absolute atomic E-state index is 0.774. The molecule has 20 aromatic rings. The molecule has 4 heterocycles. The summed E-state index contributed by atoms with van der Waals surface area (Å²) in [5.74, 6) is 0. The molecule has 546 valence electrons. The van der Waals surface area contributed by atoms with Gasteiger partial charge in [0, 0.05) is 79.7 Å². The average Bonchev–Trinajstić information content (AvgIpc) is 1.61. The highest BCUT2D eigenvalue weighted by Crippen LogP contribution is 2.47. The van der Waals surface area contributed by atoms with E-state index in [4.69, 9.17) is 50.8 Å². The lowest BCUT2D eigenvalue weighted by atomic mass is 9.93. The van der Waals surface area contributed by atoms with Crippen LogP contribution in [0, 0.1) is 34.6 Å². The first-order chi connectivity index (χ1) is 54.7. The van der Waals surface area contributed by atoms with Crippen molar-refractivity contribution in [3.63, 3.8) is 0 Å². The zero-order chi connectivity index (χ0) is 77.1. The van der Waals surface area contributed by atoms with Crippen LogP contribution in [0.1, 0.15) is 34.7 Å². The number of aromatic nitrogens is 2. The van der Waals surface area contributed by atoms with Gasteiger partial charge in [0.15, 0.2) is 0 Å². The van der Waals surface area contributed by atoms with E-state index in [2.05, 4.69) is 346 Å². The van der Waals surface area contributed by atoms with E-state index in [1.165, 1.54) is 113 Å². The predicted molar refractivity (Wildman–Crippen MR) is 489 cm³/mol. The molecular formula is C103H77BrCl4N2OS. The second-order valence-corrected chi connectivity index (χ2v) is 31.5. The molecule has 20 rings (SSSR count). The lowest BCUT2D eigenvalue weighted by Gasteiger charge is -2.13. The van der Waals surface area contributed by atoms with Crippen LogP contribution in [-0.4, -0.2) is 9.13 Å². The van der Waals surface area contributed by atoms with Gasteiger partial charge in [-0.1, -0.05) is 329 Å². The van der Waals surface area contributed by atoms with Gasteiger partial charge in [-0.3, -0.25) is 0 Å². The van der Waals surface area contributed by atoms with Crippen molar-refractivity contribution in [3.05, 3.63) is 398 Å². The fourth-order valence-corrected chi connectivity index (χ4v) is 18.2. The molecule has 0 saturated carbocycles. The first-order valence-electron chi connectivity index (χ1n) is 37.5. The van der Waals surface area contributed by atoms with E-state index in [9.17, 15) is 0 Å². The van der Waals surface area contributed by atoms with Gasteiger partial charge in [-0.25, -0.2) is 0 Å². The summed E-state index contributed by atoms with van der Waals surface area (Å²) in [6.45, 7) is 13.7. The number of hydrogen-bond acceptors (Lipinski definition) is 2. The molecule has 0 N–H and O–H groups in total. The van der Waals surface area contributed by atoms with Crippen LogP contribution in [0.15, 0.2) is 355 Å². The summed E-state index contributed by atoms with van der Waals surface area (Å²) < 4.78 is 14.4. The first-order valence-corrected chi connectivity index (χ1v) is 40.7. The number of aryl methyl sites for hydroxylation is 2. The molecule has 0 radical (unpaired) electrons. The van der Waals surface area contributed by atoms with E-state index >= 15 is 0 Å². The normalized spacial score (nSPS) is 11.2. The number of furan rings is 1. The third-order valence-corrected chi connectivity index (χ3v) is 25.1. The van der Waals surface area contributed by atoms with Crippen molar-refractivity contribution in [3.8, 4) is 72.4 Å². The SMILES string of the molecule is CCn1c2ccccc2c2ccc(Br)c(C)c21.Cc1c(-c2ccccc2)cc2c(c1Cl)c1ccccc1n2-c1ccccc1.Cc1c(-c2ccccc2)cc2oc3ccccc3c2c1Cl.Cc1c(-c2ccccc2)cc2sc3ccccc3c2c1Cl.Cc1c(Cl)cc(-c2ccccc2)cc1-c1cccc(-c2ccccc2)c1. The molecule has 16 aromatic carbocycles. The maximum atomic E-state index is 6.95. The van der Waals surface area contributed by atoms with Crippen LogP contribution >= 0.6 is 73.7 Å². The highest BCUT2D eigenvalue weighted by molar-refractivity contribution is 9.10. The van der Waals surface area contributed by atoms with Crippen molar-refractivity contribution in [2.24, 2.45) is 0 Å². The summed E-state index contributed by atoms with van der Waals surface area (Å²) in [6, 6.07) is 120. The Hall–Kier alpha value is -11.2. The van der Waals surface area contributed by atoms with E-state index in [-0.39, 0.29) is 0 Å². The second kappa shape index (κ2) is 33.0. The van der Waals surface area contributed by atoms with E-state index in [0.717, 1.165) is 104 Å². The Morgan fingerprint density at radius 3 is 1.37 bits per heavy atom. The molecule has 0 atom stereocenters. The Bertz CT molecular complexity index is 6670. The van der Waals surface area contributed by atoms with E-state index in [0.29, 0.717) is 0 Å². The molecule has 0 aliphatic carbocycles. The van der Waals surface area contributed by atoms with Crippen molar-refractivity contribution in [1.82, 2.24) is 9.13 Å². The van der Waals surface area contributed by atoms with Crippen LogP contribution < -0.4 is 0 Å². The topological polar surface area (TPSA) is 23.0 Å². The molecule has 0 bridgehead atoms. The van der Waals surface area contributed by atoms with Crippen molar-refractivity contribution in [1.29, 1.82) is 0 Å². The fourth-order valence-electron chi connectivity index (χ4n) is 15.6. The Morgan fingerprint density at radius 1 is 0.304 bits per heavy atom. The largest absolute Gasteiger partial charge is 0.456 e. The van der Waals surface area contributed by atoms with E-state index in [1.54, 1.807) is 0 Å². The molecular weight excluding hydrogens is 1530 g/mol. The van der Waals surface area contributed by atoms with E-state index < -0.39 is 0 Å². The van der Waals surface area contributed by atoms with Gasteiger partial charge in [0.2, 0.25) is 0 Å². The smallest absolute Gasteiger partial charge is 0.137 e. The number of hydrogen-bond donors (Lipinski definition) is 0. The quantitative estimate of drug-likeness (QED) is 0.149. The van der Waals surface area contributed by atoms with Crippen LogP contribution in [0.5, 0.6) is 0 Å². The van der Waals surface area contributed by atoms with Gasteiger partial charge in [-0.05, 0) is 215 Å². The van der Waals surface area contributed by atoms with Crippen LogP contribution in [0.2, 0.25) is 20.1 Å². The van der Waals surface area contributed by atoms with Gasteiger partial charge >= 0.3 is 0 Å². The zero-order valence-electron chi connectivity index (χ0n) is 62.7. The molecule has 3 nitrogen and oxygen atoms in total. The van der Waals surface area contributed by atoms with Crippen LogP contribution in [0.3, 0.4) is 0 Å². The van der Waals surface area contributed by atoms with Crippen molar-refractivity contribution >= 4 is 159 Å². The summed E-state index contributed by atoms with van der Waals surface area (Å²) in [4.78, 5) is 0. The van der Waals surface area contributed by atoms with Crippen LogP contribution in [-0.2, 0) is 6.54 Å². The van der Waals surface area contributed by atoms with Gasteiger partial charge < -0.3 is 13.6 Å². The molecule has 0 amide bonds. The lowest BCUT2D eigenvalue weighted by Crippen LogP contribution is -1.94. The molecule has 0 aliphatic rings. The Morgan fingerprint density at radius 2 is 0.759 bits per heavy atom. The molecule has 0 unspecified atom stereocenters. The summed E-state index contributed by atoms with van der Waals surface area (Å²) in [5.41, 5.74) is 27.8. The molecule has 9 heteroatoms. The molecule has 0 fully saturated rings. The first kappa shape index (κ1) is 74.9. The number of benzene rings is 16. The average molecular weight is 1610 g/mol. The van der Waals surface area contributed by atoms with Gasteiger partial charge in [0.05, 0.1) is 31.6 Å². The minimum Gasteiger partial charge on any atom is -0.456 e. The van der Waals surface area contributed by atoms with Gasteiger partial charge in [0.25, 0.3) is 0 Å². The highest BCUT2D eigenvalue weighted by atomic mass is 79.9. The van der Waals surface area contributed by atoms with Gasteiger partial charge in [-0.15, -0.1) is 11.3 Å². The molecule has 0 saturated heterocycles. The van der Waals surface area contributed by atoms with Crippen LogP contribution in [0.25, 0.3) is 158 Å². The standard InChI is InChI=1S/C25H18ClN.C25H19Cl.C19H13ClO.C19H13ClS.C15H14BrN/c1-17-21(18-10-4-2-5-11-18)16-23-24(25(17)26)20-14-8-9-15-22(20)27(23)19-12-6-3-7-13-19;1-18-24(16-23(17-25(18)26)20-11-6-3-7-12-20)22-14-8-13-21(15-22)19-9-4-2-5-10-19;2*1-12-15(13-7-3-2-4-8-13)11-17-18(19(12)20)14-9-5-6-10-16(14)21-17;1-3-17-14-7-5-4-6-11(14)12-8-9-13(16)10(2)15(12)17/h2-16H,1H3;2-17H,1H3;2*2-11H,1H3;4-9H,3H2,1-2H3. The van der Waals surface area contributed by atoms with Crippen molar-refractivity contribution in [2.45, 2.75) is 48.1 Å². The monoisotopic (exact) mass is 1610 g/mol. The summed E-state index contributed by atoms with van der Waals surface area (Å²) >= 11 is 32.3. The number of halogens is 5. The molecule has 0 aliphatic heterocycles. The number of para-hydroxylation sites is 4. The van der Waals surface area contributed by atoms with Gasteiger partial charge in [0.1, 0.15) is 11.2 Å². The van der Waals surface area contributed by atoms with E-state index in [1.807, 2.05) is 78.1 Å². The maximum absolute atomic E-state index is 6.95. The third kappa shape index (κ3) is 14.7. The predicted octanol–water partition coefficient (Wildman–Crippen LogP) is 32.8. The Kier molecular flexibility index (Phi) is 22.1. The zero-order valence-corrected chi connectivity index (χ0v) is 68.1. The summed E-state index contributed by atoms with van der Waals surface area (Å²) in [6.07, 6.45) is 0. The number of fused-ring (bicyclic) bond motifs is 12. The Labute approximate surface area is 685 Å². The lowest BCUT2D eigenvalue weighted by molar-refractivity contribution is 0.669. The molecule has 0 spiro atoms. The molecule has 112 heavy (non-hydrogen) atoms. The number of thiophene rings is 1. The Balaban J connectivity index is 0.000000107. The number of rotatable bonds is 8. The van der Waals surface area contributed by atoms with Crippen LogP contribution in [0.4, 0.5) is 0 Å². The van der Waals surface area contributed by atoms with Crippen molar-refractivity contribution in [2.75, 3.05) is 0 Å². The van der Waals surface area contributed by atoms with Crippen molar-refractivity contribution < 1.29 is 4.42 Å². The summed E-state index contributed by atoms with van der Waals surface area (Å²) in [5, 5.41) is 12.8. The van der Waals surface area contributed by atoms with Gasteiger partial charge in [-0.2, -0.15) is 0 Å². The molecule has 4 aromatic heterocycles.